The molecule has 2 aromatic heterocycles. The van der Waals surface area contributed by atoms with Crippen LogP contribution in [0.3, 0.4) is 0 Å². The van der Waals surface area contributed by atoms with Crippen LogP contribution in [0.5, 0.6) is 5.75 Å². The molecular formula is C21H17NO5S. The number of nitrogens with zero attached hydrogens (tertiary/aromatic N) is 1. The van der Waals surface area contributed by atoms with E-state index in [1.54, 1.807) is 36.4 Å². The largest absolute Gasteiger partial charge is 0.507 e. The predicted molar refractivity (Wildman–Crippen MR) is 104 cm³/mol. The summed E-state index contributed by atoms with van der Waals surface area (Å²) in [6.45, 7) is 0.134. The number of hydrogen-bond donors (Lipinski definition) is 1. The Morgan fingerprint density at radius 3 is 2.75 bits per heavy atom. The zero-order chi connectivity index (χ0) is 19.7. The summed E-state index contributed by atoms with van der Waals surface area (Å²) in [6.07, 6.45) is 1.52. The van der Waals surface area contributed by atoms with Crippen molar-refractivity contribution in [2.75, 3.05) is 7.11 Å². The van der Waals surface area contributed by atoms with Gasteiger partial charge in [-0.25, -0.2) is 0 Å². The third-order valence-electron chi connectivity index (χ3n) is 4.60. The zero-order valence-electron chi connectivity index (χ0n) is 15.0. The van der Waals surface area contributed by atoms with Crippen molar-refractivity contribution in [3.8, 4) is 5.75 Å². The summed E-state index contributed by atoms with van der Waals surface area (Å²) in [5.74, 6) is -0.506. The standard InChI is InChI=1S/C21H17NO5S/c1-26-14-6-2-5-13(11-14)19(23)17-18(16-8-4-10-28-16)22(21(25)20(17)24)12-15-7-3-9-27-15/h2-11,18,23H,12H2,1H3/b19-17-. The van der Waals surface area contributed by atoms with Crippen LogP contribution in [0.4, 0.5) is 0 Å². The molecule has 1 N–H and O–H groups in total. The number of hydrogen-bond acceptors (Lipinski definition) is 6. The quantitative estimate of drug-likeness (QED) is 0.402. The van der Waals surface area contributed by atoms with Crippen LogP contribution in [0.25, 0.3) is 5.76 Å². The van der Waals surface area contributed by atoms with Crippen molar-refractivity contribution < 1.29 is 23.8 Å². The number of Topliss-reactive ketones (excluding diaryl/α,β-unsaturated/α-hetero) is 1. The zero-order valence-corrected chi connectivity index (χ0v) is 15.8. The molecule has 142 valence electrons. The summed E-state index contributed by atoms with van der Waals surface area (Å²) < 4.78 is 10.6. The van der Waals surface area contributed by atoms with Crippen LogP contribution in [0.2, 0.25) is 0 Å². The number of furan rings is 1. The smallest absolute Gasteiger partial charge is 0.296 e. The Bertz CT molecular complexity index is 1040. The van der Waals surface area contributed by atoms with Crippen LogP contribution in [-0.4, -0.2) is 28.8 Å². The number of carbonyl (C=O) groups excluding carboxylic acids is 2. The van der Waals surface area contributed by atoms with Gasteiger partial charge in [0.2, 0.25) is 0 Å². The van der Waals surface area contributed by atoms with E-state index in [2.05, 4.69) is 0 Å². The molecule has 28 heavy (non-hydrogen) atoms. The first-order chi connectivity index (χ1) is 13.6. The first-order valence-corrected chi connectivity index (χ1v) is 9.46. The number of methoxy groups -OCH3 is 1. The Morgan fingerprint density at radius 1 is 1.21 bits per heavy atom. The molecule has 1 aliphatic heterocycles. The van der Waals surface area contributed by atoms with Crippen molar-refractivity contribution in [2.24, 2.45) is 0 Å². The monoisotopic (exact) mass is 395 g/mol. The van der Waals surface area contributed by atoms with E-state index in [1.807, 2.05) is 17.5 Å². The number of aliphatic hydroxyl groups is 1. The summed E-state index contributed by atoms with van der Waals surface area (Å²) in [5.41, 5.74) is 0.476. The number of likely N-dealkylation sites (tertiary alicyclic amines) is 1. The first kappa shape index (κ1) is 18.1. The highest BCUT2D eigenvalue weighted by molar-refractivity contribution is 7.10. The molecule has 0 spiro atoms. The molecule has 6 nitrogen and oxygen atoms in total. The molecule has 0 aliphatic carbocycles. The maximum absolute atomic E-state index is 12.9. The fraction of sp³-hybridized carbons (Fsp3) is 0.143. The molecule has 0 saturated carbocycles. The molecule has 1 fully saturated rings. The normalized spacial score (nSPS) is 18.6. The number of thiophene rings is 1. The number of amides is 1. The predicted octanol–water partition coefficient (Wildman–Crippen LogP) is 3.97. The van der Waals surface area contributed by atoms with Gasteiger partial charge in [0.05, 0.1) is 25.5 Å². The maximum Gasteiger partial charge on any atom is 0.296 e. The van der Waals surface area contributed by atoms with Crippen LogP contribution < -0.4 is 4.74 Å². The highest BCUT2D eigenvalue weighted by Crippen LogP contribution is 2.42. The second-order valence-electron chi connectivity index (χ2n) is 6.25. The molecule has 0 radical (unpaired) electrons. The van der Waals surface area contributed by atoms with Crippen LogP contribution in [0.1, 0.15) is 22.2 Å². The Morgan fingerprint density at radius 2 is 2.07 bits per heavy atom. The summed E-state index contributed by atoms with van der Waals surface area (Å²) in [6, 6.07) is 13.2. The number of ether oxygens (including phenoxy) is 1. The molecule has 1 aliphatic rings. The van der Waals surface area contributed by atoms with Crippen LogP contribution in [-0.2, 0) is 16.1 Å². The molecule has 4 rings (SSSR count). The fourth-order valence-corrected chi connectivity index (χ4v) is 4.13. The van der Waals surface area contributed by atoms with Crippen molar-refractivity contribution in [1.29, 1.82) is 0 Å². The highest BCUT2D eigenvalue weighted by atomic mass is 32.1. The minimum Gasteiger partial charge on any atom is -0.507 e. The van der Waals surface area contributed by atoms with Gasteiger partial charge in [0.15, 0.2) is 0 Å². The molecule has 3 heterocycles. The van der Waals surface area contributed by atoms with Gasteiger partial charge in [0, 0.05) is 10.4 Å². The number of carbonyl (C=O) groups is 2. The van der Waals surface area contributed by atoms with Gasteiger partial charge >= 0.3 is 0 Å². The molecule has 0 bridgehead atoms. The number of rotatable bonds is 5. The fourth-order valence-electron chi connectivity index (χ4n) is 3.28. The number of aliphatic hydroxyl groups excluding tert-OH is 1. The van der Waals surface area contributed by atoms with E-state index in [9.17, 15) is 14.7 Å². The maximum atomic E-state index is 12.9. The van der Waals surface area contributed by atoms with Crippen molar-refractivity contribution in [3.05, 3.63) is 81.9 Å². The highest BCUT2D eigenvalue weighted by Gasteiger charge is 2.46. The number of ketones is 1. The van der Waals surface area contributed by atoms with E-state index in [0.717, 1.165) is 4.88 Å². The molecule has 1 unspecified atom stereocenters. The van der Waals surface area contributed by atoms with E-state index in [-0.39, 0.29) is 17.9 Å². The SMILES string of the molecule is COc1cccc(/C(O)=C2/C(=O)C(=O)N(Cc3ccco3)C2c2cccs2)c1. The molecule has 1 saturated heterocycles. The van der Waals surface area contributed by atoms with Crippen molar-refractivity contribution >= 4 is 28.8 Å². The van der Waals surface area contributed by atoms with E-state index >= 15 is 0 Å². The van der Waals surface area contributed by atoms with Gasteiger partial charge in [0.25, 0.3) is 11.7 Å². The summed E-state index contributed by atoms with van der Waals surface area (Å²) in [5, 5.41) is 12.8. The molecule has 7 heteroatoms. The third-order valence-corrected chi connectivity index (χ3v) is 5.53. The van der Waals surface area contributed by atoms with Gasteiger partial charge in [-0.1, -0.05) is 18.2 Å². The van der Waals surface area contributed by atoms with Crippen molar-refractivity contribution in [1.82, 2.24) is 4.90 Å². The molecule has 1 amide bonds. The lowest BCUT2D eigenvalue weighted by Gasteiger charge is -2.23. The average molecular weight is 395 g/mol. The van der Waals surface area contributed by atoms with E-state index in [0.29, 0.717) is 17.1 Å². The Kier molecular flexibility index (Phi) is 4.75. The van der Waals surface area contributed by atoms with E-state index in [4.69, 9.17) is 9.15 Å². The Labute approximate surface area is 165 Å². The molecule has 1 aromatic carbocycles. The molecular weight excluding hydrogens is 378 g/mol. The molecule has 3 aromatic rings. The lowest BCUT2D eigenvalue weighted by molar-refractivity contribution is -0.140. The van der Waals surface area contributed by atoms with Gasteiger partial charge in [0.1, 0.15) is 23.3 Å². The van der Waals surface area contributed by atoms with Crippen LogP contribution in [0.15, 0.2) is 70.2 Å². The second-order valence-corrected chi connectivity index (χ2v) is 7.23. The second kappa shape index (κ2) is 7.36. The summed E-state index contributed by atoms with van der Waals surface area (Å²) in [4.78, 5) is 27.8. The van der Waals surface area contributed by atoms with E-state index in [1.165, 1.54) is 29.6 Å². The van der Waals surface area contributed by atoms with Gasteiger partial charge in [-0.05, 0) is 35.7 Å². The minimum atomic E-state index is -0.717. The Hall–Kier alpha value is -3.32. The minimum absolute atomic E-state index is 0.0623. The van der Waals surface area contributed by atoms with Crippen molar-refractivity contribution in [3.63, 3.8) is 0 Å². The van der Waals surface area contributed by atoms with Crippen molar-refractivity contribution in [2.45, 2.75) is 12.6 Å². The average Bonchev–Trinajstić information content (AvgIpc) is 3.46. The van der Waals surface area contributed by atoms with Crippen LogP contribution >= 0.6 is 11.3 Å². The van der Waals surface area contributed by atoms with Gasteiger partial charge in [-0.3, -0.25) is 9.59 Å². The van der Waals surface area contributed by atoms with Crippen LogP contribution in [0, 0.1) is 0 Å². The summed E-state index contributed by atoms with van der Waals surface area (Å²) in [7, 11) is 1.52. The first-order valence-electron chi connectivity index (χ1n) is 8.58. The number of benzene rings is 1. The lowest BCUT2D eigenvalue weighted by Crippen LogP contribution is -2.28. The van der Waals surface area contributed by atoms with Gasteiger partial charge in [-0.2, -0.15) is 0 Å². The summed E-state index contributed by atoms with van der Waals surface area (Å²) >= 11 is 1.42. The van der Waals surface area contributed by atoms with E-state index < -0.39 is 17.7 Å². The lowest BCUT2D eigenvalue weighted by atomic mass is 9.99. The Balaban J connectivity index is 1.84. The topological polar surface area (TPSA) is 80.0 Å². The van der Waals surface area contributed by atoms with Gasteiger partial charge < -0.3 is 19.2 Å². The molecule has 1 atom stereocenters. The third kappa shape index (κ3) is 3.10. The van der Waals surface area contributed by atoms with Gasteiger partial charge in [-0.15, -0.1) is 11.3 Å².